The molecule has 1 amide bonds. The second-order valence-electron chi connectivity index (χ2n) is 5.09. The number of aryl methyl sites for hydroxylation is 1. The minimum atomic E-state index is 0.0480. The van der Waals surface area contributed by atoms with Crippen LogP contribution in [0.4, 0.5) is 0 Å². The lowest BCUT2D eigenvalue weighted by atomic mass is 10.1. The smallest absolute Gasteiger partial charge is 0.239 e. The summed E-state index contributed by atoms with van der Waals surface area (Å²) in [5, 5.41) is 3.26. The van der Waals surface area contributed by atoms with Gasteiger partial charge in [0.2, 0.25) is 5.91 Å². The van der Waals surface area contributed by atoms with Gasteiger partial charge in [0.25, 0.3) is 0 Å². The van der Waals surface area contributed by atoms with Crippen LogP contribution in [-0.2, 0) is 11.2 Å². The molecule has 3 heteroatoms. The largest absolute Gasteiger partial charge is 0.344 e. The number of likely N-dealkylation sites (N-methyl/N-ethyl adjacent to an activating group) is 1. The molecule has 1 aromatic carbocycles. The molecule has 0 saturated carbocycles. The molecule has 0 spiro atoms. The highest BCUT2D eigenvalue weighted by Crippen LogP contribution is 2.10. The minimum Gasteiger partial charge on any atom is -0.344 e. The van der Waals surface area contributed by atoms with Crippen molar-refractivity contribution in [2.45, 2.75) is 32.2 Å². The Morgan fingerprint density at radius 2 is 2.22 bits per heavy atom. The Kier molecular flexibility index (Phi) is 4.37. The number of nitrogens with one attached hydrogen (secondary N) is 1. The molecule has 1 fully saturated rings. The van der Waals surface area contributed by atoms with Crippen LogP contribution in [0.25, 0.3) is 0 Å². The van der Waals surface area contributed by atoms with Gasteiger partial charge >= 0.3 is 0 Å². The van der Waals surface area contributed by atoms with E-state index in [1.54, 1.807) is 0 Å². The predicted octanol–water partition coefficient (Wildman–Crippen LogP) is 1.75. The minimum absolute atomic E-state index is 0.0480. The molecule has 1 atom stereocenters. The van der Waals surface area contributed by atoms with Crippen LogP contribution in [0.2, 0.25) is 0 Å². The van der Waals surface area contributed by atoms with Gasteiger partial charge in [-0.1, -0.05) is 24.3 Å². The average Bonchev–Trinajstić information content (AvgIpc) is 2.90. The lowest BCUT2D eigenvalue weighted by Gasteiger charge is -2.21. The summed E-state index contributed by atoms with van der Waals surface area (Å²) in [4.78, 5) is 14.0. The van der Waals surface area contributed by atoms with Crippen LogP contribution >= 0.6 is 0 Å². The van der Waals surface area contributed by atoms with Crippen LogP contribution in [0.3, 0.4) is 0 Å². The van der Waals surface area contributed by atoms with E-state index in [0.717, 1.165) is 32.4 Å². The SMILES string of the molecule is Cc1ccccc1CCN(C)C(=O)C1CCCN1. The molecule has 1 heterocycles. The molecule has 2 rings (SSSR count). The van der Waals surface area contributed by atoms with Gasteiger partial charge in [0.05, 0.1) is 6.04 Å². The van der Waals surface area contributed by atoms with Crippen molar-refractivity contribution < 1.29 is 4.79 Å². The monoisotopic (exact) mass is 246 g/mol. The second kappa shape index (κ2) is 6.01. The average molecular weight is 246 g/mol. The summed E-state index contributed by atoms with van der Waals surface area (Å²) in [5.74, 6) is 0.237. The van der Waals surface area contributed by atoms with Crippen molar-refractivity contribution >= 4 is 5.91 Å². The summed E-state index contributed by atoms with van der Waals surface area (Å²) in [6.07, 6.45) is 3.03. The van der Waals surface area contributed by atoms with Crippen molar-refractivity contribution in [3.63, 3.8) is 0 Å². The molecule has 1 aliphatic heterocycles. The lowest BCUT2D eigenvalue weighted by Crippen LogP contribution is -2.42. The lowest BCUT2D eigenvalue weighted by molar-refractivity contribution is -0.131. The van der Waals surface area contributed by atoms with Crippen LogP contribution in [-0.4, -0.2) is 37.0 Å². The maximum atomic E-state index is 12.1. The molecule has 1 aliphatic rings. The number of hydrogen-bond acceptors (Lipinski definition) is 2. The predicted molar refractivity (Wildman–Crippen MR) is 73.5 cm³/mol. The van der Waals surface area contributed by atoms with E-state index in [0.29, 0.717) is 0 Å². The van der Waals surface area contributed by atoms with E-state index in [1.807, 2.05) is 11.9 Å². The zero-order valence-corrected chi connectivity index (χ0v) is 11.3. The van der Waals surface area contributed by atoms with Gasteiger partial charge in [0, 0.05) is 13.6 Å². The first-order valence-electron chi connectivity index (χ1n) is 6.71. The molecule has 0 aromatic heterocycles. The first-order chi connectivity index (χ1) is 8.68. The summed E-state index contributed by atoms with van der Waals surface area (Å²) in [6, 6.07) is 8.42. The Morgan fingerprint density at radius 1 is 1.44 bits per heavy atom. The summed E-state index contributed by atoms with van der Waals surface area (Å²) < 4.78 is 0. The van der Waals surface area contributed by atoms with Crippen molar-refractivity contribution in [3.8, 4) is 0 Å². The van der Waals surface area contributed by atoms with E-state index in [-0.39, 0.29) is 11.9 Å². The van der Waals surface area contributed by atoms with Crippen LogP contribution in [0, 0.1) is 6.92 Å². The number of rotatable bonds is 4. The van der Waals surface area contributed by atoms with Crippen LogP contribution in [0.1, 0.15) is 24.0 Å². The highest BCUT2D eigenvalue weighted by Gasteiger charge is 2.24. The molecule has 0 bridgehead atoms. The van der Waals surface area contributed by atoms with E-state index in [1.165, 1.54) is 11.1 Å². The van der Waals surface area contributed by atoms with Gasteiger partial charge in [-0.15, -0.1) is 0 Å². The topological polar surface area (TPSA) is 32.3 Å². The van der Waals surface area contributed by atoms with Crippen molar-refractivity contribution in [1.29, 1.82) is 0 Å². The van der Waals surface area contributed by atoms with Crippen molar-refractivity contribution in [1.82, 2.24) is 10.2 Å². The van der Waals surface area contributed by atoms with Gasteiger partial charge in [-0.25, -0.2) is 0 Å². The molecular formula is C15H22N2O. The maximum absolute atomic E-state index is 12.1. The van der Waals surface area contributed by atoms with Gasteiger partial charge < -0.3 is 10.2 Å². The number of hydrogen-bond donors (Lipinski definition) is 1. The van der Waals surface area contributed by atoms with Gasteiger partial charge in [-0.05, 0) is 43.9 Å². The standard InChI is InChI=1S/C15H22N2O/c1-12-6-3-4-7-13(12)9-11-17(2)15(18)14-8-5-10-16-14/h3-4,6-7,14,16H,5,8-11H2,1-2H3. The van der Waals surface area contributed by atoms with Gasteiger partial charge in [-0.2, -0.15) is 0 Å². The first-order valence-corrected chi connectivity index (χ1v) is 6.71. The highest BCUT2D eigenvalue weighted by atomic mass is 16.2. The molecular weight excluding hydrogens is 224 g/mol. The number of carbonyl (C=O) groups is 1. The number of amides is 1. The van der Waals surface area contributed by atoms with Crippen LogP contribution in [0.15, 0.2) is 24.3 Å². The number of nitrogens with zero attached hydrogens (tertiary/aromatic N) is 1. The van der Waals surface area contributed by atoms with Crippen molar-refractivity contribution in [2.75, 3.05) is 20.1 Å². The first kappa shape index (κ1) is 13.1. The summed E-state index contributed by atoms with van der Waals surface area (Å²) in [6.45, 7) is 3.89. The zero-order chi connectivity index (χ0) is 13.0. The Labute approximate surface area is 109 Å². The van der Waals surface area contributed by atoms with Gasteiger partial charge in [-0.3, -0.25) is 4.79 Å². The molecule has 0 aliphatic carbocycles. The number of carbonyl (C=O) groups excluding carboxylic acids is 1. The van der Waals surface area contributed by atoms with E-state index in [2.05, 4.69) is 36.5 Å². The molecule has 0 radical (unpaired) electrons. The quantitative estimate of drug-likeness (QED) is 0.878. The van der Waals surface area contributed by atoms with Gasteiger partial charge in [0.1, 0.15) is 0 Å². The zero-order valence-electron chi connectivity index (χ0n) is 11.3. The van der Waals surface area contributed by atoms with Crippen LogP contribution in [0.5, 0.6) is 0 Å². The summed E-state index contributed by atoms with van der Waals surface area (Å²) >= 11 is 0. The van der Waals surface area contributed by atoms with Crippen molar-refractivity contribution in [2.24, 2.45) is 0 Å². The highest BCUT2D eigenvalue weighted by molar-refractivity contribution is 5.81. The fourth-order valence-corrected chi connectivity index (χ4v) is 2.45. The molecule has 98 valence electrons. The van der Waals surface area contributed by atoms with E-state index in [4.69, 9.17) is 0 Å². The fraction of sp³-hybridized carbons (Fsp3) is 0.533. The van der Waals surface area contributed by atoms with E-state index < -0.39 is 0 Å². The van der Waals surface area contributed by atoms with E-state index >= 15 is 0 Å². The third-order valence-electron chi connectivity index (χ3n) is 3.71. The second-order valence-corrected chi connectivity index (χ2v) is 5.09. The summed E-state index contributed by atoms with van der Waals surface area (Å²) in [7, 11) is 1.90. The molecule has 3 nitrogen and oxygen atoms in total. The van der Waals surface area contributed by atoms with Gasteiger partial charge in [0.15, 0.2) is 0 Å². The Hall–Kier alpha value is -1.35. The Balaban J connectivity index is 1.86. The van der Waals surface area contributed by atoms with E-state index in [9.17, 15) is 4.79 Å². The Morgan fingerprint density at radius 3 is 2.89 bits per heavy atom. The Bertz CT molecular complexity index is 411. The summed E-state index contributed by atoms with van der Waals surface area (Å²) in [5.41, 5.74) is 2.63. The maximum Gasteiger partial charge on any atom is 0.239 e. The fourth-order valence-electron chi connectivity index (χ4n) is 2.45. The third kappa shape index (κ3) is 3.10. The van der Waals surface area contributed by atoms with Crippen molar-refractivity contribution in [3.05, 3.63) is 35.4 Å². The molecule has 1 N–H and O–H groups in total. The molecule has 1 saturated heterocycles. The van der Waals surface area contributed by atoms with Crippen LogP contribution < -0.4 is 5.32 Å². The molecule has 1 aromatic rings. The normalized spacial score (nSPS) is 18.9. The molecule has 18 heavy (non-hydrogen) atoms. The molecule has 1 unspecified atom stereocenters. The third-order valence-corrected chi connectivity index (χ3v) is 3.71. The number of benzene rings is 1.